The number of benzene rings is 1. The summed E-state index contributed by atoms with van der Waals surface area (Å²) in [4.78, 5) is 27.1. The second-order valence-corrected chi connectivity index (χ2v) is 4.81. The normalized spacial score (nSPS) is 18.3. The number of pyridine rings is 1. The molecule has 1 aliphatic heterocycles. The van der Waals surface area contributed by atoms with Gasteiger partial charge in [-0.25, -0.2) is 0 Å². The average molecular weight is 258 g/mol. The molecule has 0 saturated carbocycles. The number of carbonyl (C=O) groups is 1. The summed E-state index contributed by atoms with van der Waals surface area (Å²) in [5, 5.41) is 0.648. The molecular formula is C14H14N2O3. The molecule has 98 valence electrons. The number of carbonyl (C=O) groups excluding carboxylic acids is 1. The second kappa shape index (κ2) is 4.20. The minimum atomic E-state index is -0.582. The van der Waals surface area contributed by atoms with Crippen LogP contribution in [0.5, 0.6) is 0 Å². The molecule has 0 spiro atoms. The van der Waals surface area contributed by atoms with Crippen molar-refractivity contribution in [3.05, 3.63) is 45.2 Å². The molecule has 3 rings (SSSR count). The summed E-state index contributed by atoms with van der Waals surface area (Å²) in [5.41, 5.74) is 8.04. The quantitative estimate of drug-likeness (QED) is 0.798. The summed E-state index contributed by atoms with van der Waals surface area (Å²) >= 11 is 0. The van der Waals surface area contributed by atoms with E-state index in [1.807, 2.05) is 25.1 Å². The number of aromatic nitrogens is 1. The van der Waals surface area contributed by atoms with Crippen molar-refractivity contribution in [2.75, 3.05) is 6.61 Å². The second-order valence-electron chi connectivity index (χ2n) is 4.81. The monoisotopic (exact) mass is 258 g/mol. The molecule has 3 N–H and O–H groups in total. The number of hydrogen-bond donors (Lipinski definition) is 2. The first-order chi connectivity index (χ1) is 9.09. The van der Waals surface area contributed by atoms with E-state index >= 15 is 0 Å². The Labute approximate surface area is 109 Å². The fraction of sp³-hybridized carbons (Fsp3) is 0.286. The third-order valence-electron chi connectivity index (χ3n) is 3.59. The third kappa shape index (κ3) is 1.74. The molecule has 1 amide bonds. The van der Waals surface area contributed by atoms with Gasteiger partial charge in [0.15, 0.2) is 5.43 Å². The Bertz CT molecular complexity index is 733. The molecule has 5 nitrogen and oxygen atoms in total. The topological polar surface area (TPSA) is 85.2 Å². The number of nitrogens with one attached hydrogen (secondary N) is 1. The highest BCUT2D eigenvalue weighted by Gasteiger charge is 2.28. The average Bonchev–Trinajstić information content (AvgIpc) is 2.38. The minimum absolute atomic E-state index is 0.0761. The van der Waals surface area contributed by atoms with Gasteiger partial charge in [0.1, 0.15) is 5.92 Å². The number of primary amides is 1. The lowest BCUT2D eigenvalue weighted by Crippen LogP contribution is -2.33. The van der Waals surface area contributed by atoms with E-state index in [2.05, 4.69) is 4.98 Å². The number of nitrogens with two attached hydrogens (primary N) is 1. The first-order valence-electron chi connectivity index (χ1n) is 6.11. The summed E-state index contributed by atoms with van der Waals surface area (Å²) in [6.07, 6.45) is 0. The lowest BCUT2D eigenvalue weighted by molar-refractivity contribution is -0.121. The summed E-state index contributed by atoms with van der Waals surface area (Å²) < 4.78 is 5.32. The largest absolute Gasteiger partial charge is 0.375 e. The highest BCUT2D eigenvalue weighted by molar-refractivity contribution is 5.86. The van der Waals surface area contributed by atoms with Crippen LogP contribution in [0.15, 0.2) is 23.0 Å². The van der Waals surface area contributed by atoms with Crippen LogP contribution in [0.2, 0.25) is 0 Å². The predicted octanol–water partition coefficient (Wildman–Crippen LogP) is 0.936. The fourth-order valence-corrected chi connectivity index (χ4v) is 2.59. The summed E-state index contributed by atoms with van der Waals surface area (Å²) in [5.74, 6) is -1.06. The molecular weight excluding hydrogens is 244 g/mol. The van der Waals surface area contributed by atoms with E-state index in [-0.39, 0.29) is 18.6 Å². The van der Waals surface area contributed by atoms with Crippen LogP contribution in [0, 0.1) is 6.92 Å². The number of amides is 1. The van der Waals surface area contributed by atoms with Gasteiger partial charge >= 0.3 is 0 Å². The maximum absolute atomic E-state index is 12.5. The highest BCUT2D eigenvalue weighted by atomic mass is 16.5. The third-order valence-corrected chi connectivity index (χ3v) is 3.59. The summed E-state index contributed by atoms with van der Waals surface area (Å²) in [7, 11) is 0. The maximum Gasteiger partial charge on any atom is 0.228 e. The van der Waals surface area contributed by atoms with Gasteiger partial charge in [-0.15, -0.1) is 0 Å². The van der Waals surface area contributed by atoms with Gasteiger partial charge in [0.25, 0.3) is 0 Å². The van der Waals surface area contributed by atoms with Crippen LogP contribution in [0.4, 0.5) is 0 Å². The molecule has 0 aliphatic carbocycles. The first-order valence-corrected chi connectivity index (χ1v) is 6.11. The van der Waals surface area contributed by atoms with E-state index in [4.69, 9.17) is 10.5 Å². The summed E-state index contributed by atoms with van der Waals surface area (Å²) in [6.45, 7) is 2.33. The molecule has 1 unspecified atom stereocenters. The number of fused-ring (bicyclic) bond motifs is 2. The van der Waals surface area contributed by atoms with Gasteiger partial charge in [0, 0.05) is 22.2 Å². The molecule has 1 aromatic heterocycles. The lowest BCUT2D eigenvalue weighted by atomic mass is 9.95. The van der Waals surface area contributed by atoms with Crippen LogP contribution >= 0.6 is 0 Å². The Morgan fingerprint density at radius 1 is 1.47 bits per heavy atom. The number of aryl methyl sites for hydroxylation is 1. The van der Waals surface area contributed by atoms with Crippen molar-refractivity contribution in [3.8, 4) is 0 Å². The highest BCUT2D eigenvalue weighted by Crippen LogP contribution is 2.25. The van der Waals surface area contributed by atoms with Crippen molar-refractivity contribution in [3.63, 3.8) is 0 Å². The van der Waals surface area contributed by atoms with E-state index in [9.17, 15) is 9.59 Å². The molecule has 2 aromatic rings. The Balaban J connectivity index is 2.38. The van der Waals surface area contributed by atoms with Crippen molar-refractivity contribution in [1.82, 2.24) is 4.98 Å². The molecule has 2 heterocycles. The van der Waals surface area contributed by atoms with Crippen molar-refractivity contribution in [2.24, 2.45) is 5.73 Å². The zero-order chi connectivity index (χ0) is 13.6. The van der Waals surface area contributed by atoms with E-state index in [1.54, 1.807) is 0 Å². The molecule has 0 radical (unpaired) electrons. The van der Waals surface area contributed by atoms with Crippen molar-refractivity contribution >= 4 is 16.8 Å². The van der Waals surface area contributed by atoms with Crippen LogP contribution < -0.4 is 11.2 Å². The van der Waals surface area contributed by atoms with E-state index < -0.39 is 11.8 Å². The van der Waals surface area contributed by atoms with Crippen LogP contribution in [0.1, 0.15) is 22.7 Å². The number of H-pyrrole nitrogens is 1. The number of hydrogen-bond acceptors (Lipinski definition) is 3. The van der Waals surface area contributed by atoms with Gasteiger partial charge in [0.05, 0.1) is 13.2 Å². The SMILES string of the molecule is Cc1cccc2[nH]c3c(c(=O)c12)COCC3C(N)=O. The van der Waals surface area contributed by atoms with Crippen molar-refractivity contribution < 1.29 is 9.53 Å². The molecule has 0 saturated heterocycles. The standard InChI is InChI=1S/C14H14N2O3/c1-7-3-2-4-10-11(7)13(17)8-5-19-6-9(14(15)18)12(8)16-10/h2-4,9H,5-6H2,1H3,(H2,15,18)(H,16,17). The van der Waals surface area contributed by atoms with Gasteiger partial charge in [0.2, 0.25) is 5.91 Å². The van der Waals surface area contributed by atoms with Gasteiger partial charge in [-0.2, -0.15) is 0 Å². The molecule has 0 fully saturated rings. The molecule has 0 bridgehead atoms. The van der Waals surface area contributed by atoms with Crippen LogP contribution in [-0.4, -0.2) is 17.5 Å². The van der Waals surface area contributed by atoms with Gasteiger partial charge in [-0.3, -0.25) is 9.59 Å². The van der Waals surface area contributed by atoms with Crippen molar-refractivity contribution in [1.29, 1.82) is 0 Å². The Morgan fingerprint density at radius 3 is 3.00 bits per heavy atom. The minimum Gasteiger partial charge on any atom is -0.375 e. The molecule has 1 aliphatic rings. The predicted molar refractivity (Wildman–Crippen MR) is 70.9 cm³/mol. The molecule has 5 heteroatoms. The Hall–Kier alpha value is -2.14. The Kier molecular flexibility index (Phi) is 2.64. The van der Waals surface area contributed by atoms with Crippen LogP contribution in [-0.2, 0) is 16.1 Å². The van der Waals surface area contributed by atoms with Crippen LogP contribution in [0.3, 0.4) is 0 Å². The van der Waals surface area contributed by atoms with E-state index in [1.165, 1.54) is 0 Å². The smallest absolute Gasteiger partial charge is 0.228 e. The number of aromatic amines is 1. The number of ether oxygens (including phenoxy) is 1. The maximum atomic E-state index is 12.5. The number of rotatable bonds is 1. The van der Waals surface area contributed by atoms with Gasteiger partial charge < -0.3 is 15.5 Å². The van der Waals surface area contributed by atoms with E-state index in [0.29, 0.717) is 16.6 Å². The zero-order valence-corrected chi connectivity index (χ0v) is 10.5. The Morgan fingerprint density at radius 2 is 2.26 bits per heavy atom. The lowest BCUT2D eigenvalue weighted by Gasteiger charge is -2.23. The van der Waals surface area contributed by atoms with Gasteiger partial charge in [-0.05, 0) is 18.6 Å². The molecule has 1 aromatic carbocycles. The summed E-state index contributed by atoms with van der Waals surface area (Å²) in [6, 6.07) is 5.59. The van der Waals surface area contributed by atoms with Crippen LogP contribution in [0.25, 0.3) is 10.9 Å². The molecule has 1 atom stereocenters. The first kappa shape index (κ1) is 11.9. The van der Waals surface area contributed by atoms with Gasteiger partial charge in [-0.1, -0.05) is 12.1 Å². The fourth-order valence-electron chi connectivity index (χ4n) is 2.59. The van der Waals surface area contributed by atoms with Crippen molar-refractivity contribution in [2.45, 2.75) is 19.4 Å². The molecule has 19 heavy (non-hydrogen) atoms. The van der Waals surface area contributed by atoms with E-state index in [0.717, 1.165) is 11.1 Å². The zero-order valence-electron chi connectivity index (χ0n) is 10.5.